The fraction of sp³-hybridized carbons (Fsp3) is 0.333. The number of amides is 2. The third-order valence-corrected chi connectivity index (χ3v) is 1.71. The molecule has 0 saturated carbocycles. The quantitative estimate of drug-likeness (QED) is 0.602. The highest BCUT2D eigenvalue weighted by molar-refractivity contribution is 5.95. The number of nitrogens with zero attached hydrogens (tertiary/aromatic N) is 1. The van der Waals surface area contributed by atoms with E-state index in [1.165, 1.54) is 6.07 Å². The Bertz CT molecular complexity index is 440. The van der Waals surface area contributed by atoms with E-state index >= 15 is 0 Å². The summed E-state index contributed by atoms with van der Waals surface area (Å²) in [5.74, 6) is -1.84. The molecule has 0 unspecified atom stereocenters. The highest BCUT2D eigenvalue weighted by atomic mass is 16.5. The van der Waals surface area contributed by atoms with Crippen LogP contribution in [-0.4, -0.2) is 41.1 Å². The molecule has 3 N–H and O–H groups in total. The minimum absolute atomic E-state index is 0.0635. The van der Waals surface area contributed by atoms with Gasteiger partial charge in [-0.3, -0.25) is 14.4 Å². The van der Waals surface area contributed by atoms with Gasteiger partial charge in [0.05, 0.1) is 6.54 Å². The maximum Gasteiger partial charge on any atom is 0.322 e. The predicted molar refractivity (Wildman–Crippen MR) is 54.2 cm³/mol. The first kappa shape index (κ1) is 12.7. The molecule has 17 heavy (non-hydrogen) atoms. The summed E-state index contributed by atoms with van der Waals surface area (Å²) in [7, 11) is 0. The number of nitrogens with one attached hydrogen (secondary N) is 2. The molecule has 0 aliphatic heterocycles. The highest BCUT2D eigenvalue weighted by Crippen LogP contribution is 2.00. The van der Waals surface area contributed by atoms with Crippen LogP contribution < -0.4 is 10.6 Å². The van der Waals surface area contributed by atoms with Gasteiger partial charge in [0.15, 0.2) is 5.69 Å². The molecule has 0 radical (unpaired) electrons. The molecule has 0 aliphatic rings. The molecule has 1 rings (SSSR count). The Labute approximate surface area is 96.0 Å². The second kappa shape index (κ2) is 5.64. The van der Waals surface area contributed by atoms with Crippen molar-refractivity contribution in [1.29, 1.82) is 0 Å². The van der Waals surface area contributed by atoms with E-state index in [2.05, 4.69) is 20.3 Å². The second-order valence-corrected chi connectivity index (χ2v) is 3.18. The van der Waals surface area contributed by atoms with Gasteiger partial charge in [-0.1, -0.05) is 5.16 Å². The molecule has 8 heteroatoms. The van der Waals surface area contributed by atoms with E-state index in [0.29, 0.717) is 5.76 Å². The maximum absolute atomic E-state index is 11.4. The number of hydrogen-bond acceptors (Lipinski definition) is 5. The van der Waals surface area contributed by atoms with E-state index in [1.54, 1.807) is 6.92 Å². The number of carbonyl (C=O) groups is 3. The molecule has 0 spiro atoms. The van der Waals surface area contributed by atoms with Crippen LogP contribution in [0.2, 0.25) is 0 Å². The van der Waals surface area contributed by atoms with Crippen LogP contribution >= 0.6 is 0 Å². The largest absolute Gasteiger partial charge is 0.480 e. The van der Waals surface area contributed by atoms with Crippen molar-refractivity contribution in [2.75, 3.05) is 13.1 Å². The van der Waals surface area contributed by atoms with Crippen LogP contribution in [0.15, 0.2) is 10.6 Å². The second-order valence-electron chi connectivity index (χ2n) is 3.18. The number of carboxylic acids is 1. The zero-order valence-corrected chi connectivity index (χ0v) is 9.02. The summed E-state index contributed by atoms with van der Waals surface area (Å²) in [6.07, 6.45) is 0. The molecule has 0 saturated heterocycles. The smallest absolute Gasteiger partial charge is 0.322 e. The fourth-order valence-electron chi connectivity index (χ4n) is 0.961. The van der Waals surface area contributed by atoms with Gasteiger partial charge >= 0.3 is 5.97 Å². The molecule has 1 aromatic heterocycles. The number of hydrogen-bond donors (Lipinski definition) is 3. The summed E-state index contributed by atoms with van der Waals surface area (Å²) in [6, 6.07) is 1.42. The monoisotopic (exact) mass is 241 g/mol. The standard InChI is InChI=1S/C9H11N3O5/c1-5-2-6(12-17-5)9(16)11-3-7(13)10-4-8(14)15/h2H,3-4H2,1H3,(H,10,13)(H,11,16)(H,14,15). The Kier molecular flexibility index (Phi) is 4.21. The Morgan fingerprint density at radius 1 is 1.35 bits per heavy atom. The first-order valence-electron chi connectivity index (χ1n) is 4.69. The Balaban J connectivity index is 2.33. The van der Waals surface area contributed by atoms with E-state index < -0.39 is 24.3 Å². The molecule has 8 nitrogen and oxygen atoms in total. The van der Waals surface area contributed by atoms with Gasteiger partial charge in [-0.15, -0.1) is 0 Å². The number of carbonyl (C=O) groups excluding carboxylic acids is 2. The zero-order valence-electron chi connectivity index (χ0n) is 9.02. The SMILES string of the molecule is Cc1cc(C(=O)NCC(=O)NCC(=O)O)no1. The van der Waals surface area contributed by atoms with Crippen molar-refractivity contribution in [3.8, 4) is 0 Å². The van der Waals surface area contributed by atoms with Crippen molar-refractivity contribution >= 4 is 17.8 Å². The van der Waals surface area contributed by atoms with Crippen LogP contribution in [0.1, 0.15) is 16.2 Å². The van der Waals surface area contributed by atoms with Gasteiger partial charge in [0.2, 0.25) is 5.91 Å². The van der Waals surface area contributed by atoms with E-state index in [-0.39, 0.29) is 12.2 Å². The van der Waals surface area contributed by atoms with E-state index in [4.69, 9.17) is 5.11 Å². The minimum Gasteiger partial charge on any atom is -0.480 e. The zero-order chi connectivity index (χ0) is 12.8. The van der Waals surface area contributed by atoms with Gasteiger partial charge in [0.1, 0.15) is 12.3 Å². The molecule has 0 fully saturated rings. The number of rotatable bonds is 5. The lowest BCUT2D eigenvalue weighted by Crippen LogP contribution is -2.39. The van der Waals surface area contributed by atoms with Crippen LogP contribution in [0.4, 0.5) is 0 Å². The van der Waals surface area contributed by atoms with Gasteiger partial charge < -0.3 is 20.3 Å². The number of aliphatic carboxylic acids is 1. The van der Waals surface area contributed by atoms with E-state index in [0.717, 1.165) is 0 Å². The summed E-state index contributed by atoms with van der Waals surface area (Å²) in [5, 5.41) is 16.1. The van der Waals surface area contributed by atoms with Crippen molar-refractivity contribution in [2.24, 2.45) is 0 Å². The van der Waals surface area contributed by atoms with Crippen molar-refractivity contribution in [2.45, 2.75) is 6.92 Å². The Morgan fingerprint density at radius 2 is 2.06 bits per heavy atom. The molecule has 1 aromatic rings. The average molecular weight is 241 g/mol. The third kappa shape index (κ3) is 4.33. The molecular weight excluding hydrogens is 230 g/mol. The highest BCUT2D eigenvalue weighted by Gasteiger charge is 2.12. The number of carboxylic acid groups (broad SMARTS) is 1. The molecule has 0 aromatic carbocycles. The van der Waals surface area contributed by atoms with Gasteiger partial charge in [0, 0.05) is 6.07 Å². The van der Waals surface area contributed by atoms with Crippen LogP contribution in [-0.2, 0) is 9.59 Å². The first-order valence-corrected chi connectivity index (χ1v) is 4.69. The summed E-state index contributed by atoms with van der Waals surface area (Å²) in [6.45, 7) is 0.819. The van der Waals surface area contributed by atoms with Crippen molar-refractivity contribution in [3.63, 3.8) is 0 Å². The van der Waals surface area contributed by atoms with Crippen molar-refractivity contribution in [3.05, 3.63) is 17.5 Å². The van der Waals surface area contributed by atoms with Gasteiger partial charge in [-0.25, -0.2) is 0 Å². The molecule has 1 heterocycles. The van der Waals surface area contributed by atoms with Gasteiger partial charge in [0.25, 0.3) is 5.91 Å². The summed E-state index contributed by atoms with van der Waals surface area (Å²) < 4.78 is 4.68. The van der Waals surface area contributed by atoms with Crippen molar-refractivity contribution < 1.29 is 24.0 Å². The van der Waals surface area contributed by atoms with E-state index in [9.17, 15) is 14.4 Å². The molecule has 92 valence electrons. The lowest BCUT2D eigenvalue weighted by molar-refractivity contribution is -0.137. The Morgan fingerprint density at radius 3 is 2.59 bits per heavy atom. The molecular formula is C9H11N3O5. The van der Waals surface area contributed by atoms with Crippen LogP contribution in [0.25, 0.3) is 0 Å². The third-order valence-electron chi connectivity index (χ3n) is 1.71. The molecule has 0 atom stereocenters. The number of aromatic nitrogens is 1. The van der Waals surface area contributed by atoms with E-state index in [1.807, 2.05) is 0 Å². The maximum atomic E-state index is 11.4. The Hall–Kier alpha value is -2.38. The summed E-state index contributed by atoms with van der Waals surface area (Å²) in [4.78, 5) is 32.6. The summed E-state index contributed by atoms with van der Waals surface area (Å²) in [5.41, 5.74) is 0.0635. The lowest BCUT2D eigenvalue weighted by atomic mass is 10.3. The molecule has 0 aliphatic carbocycles. The van der Waals surface area contributed by atoms with Crippen LogP contribution in [0.3, 0.4) is 0 Å². The molecule has 2 amide bonds. The van der Waals surface area contributed by atoms with Gasteiger partial charge in [-0.2, -0.15) is 0 Å². The first-order chi connectivity index (χ1) is 7.99. The molecule has 0 bridgehead atoms. The minimum atomic E-state index is -1.16. The number of aryl methyl sites for hydroxylation is 1. The van der Waals surface area contributed by atoms with Crippen LogP contribution in [0.5, 0.6) is 0 Å². The van der Waals surface area contributed by atoms with Crippen molar-refractivity contribution in [1.82, 2.24) is 15.8 Å². The fourth-order valence-corrected chi connectivity index (χ4v) is 0.961. The van der Waals surface area contributed by atoms with Gasteiger partial charge in [-0.05, 0) is 6.92 Å². The normalized spacial score (nSPS) is 9.71. The summed E-state index contributed by atoms with van der Waals surface area (Å²) >= 11 is 0. The predicted octanol–water partition coefficient (Wildman–Crippen LogP) is -1.09. The average Bonchev–Trinajstić information content (AvgIpc) is 2.70. The lowest BCUT2D eigenvalue weighted by Gasteiger charge is -2.02. The topological polar surface area (TPSA) is 122 Å². The van der Waals surface area contributed by atoms with Crippen LogP contribution in [0, 0.1) is 6.92 Å².